The second-order valence-corrected chi connectivity index (χ2v) is 5.65. The van der Waals surface area contributed by atoms with Gasteiger partial charge >= 0.3 is 0 Å². The Hall–Kier alpha value is -2.37. The van der Waals surface area contributed by atoms with Gasteiger partial charge in [0.05, 0.1) is 5.92 Å². The van der Waals surface area contributed by atoms with Crippen molar-refractivity contribution in [2.45, 2.75) is 19.9 Å². The summed E-state index contributed by atoms with van der Waals surface area (Å²) in [5, 5.41) is 5.57. The second-order valence-electron chi connectivity index (χ2n) is 5.65. The number of carbonyl (C=O) groups excluding carboxylic acids is 2. The molecule has 4 N–H and O–H groups in total. The molecule has 134 valence electrons. The second kappa shape index (κ2) is 9.81. The van der Waals surface area contributed by atoms with E-state index in [1.54, 1.807) is 31.2 Å². The third-order valence-corrected chi connectivity index (χ3v) is 3.89. The van der Waals surface area contributed by atoms with E-state index in [9.17, 15) is 9.59 Å². The highest BCUT2D eigenvalue weighted by atomic mass is 35.5. The van der Waals surface area contributed by atoms with Crippen molar-refractivity contribution in [2.24, 2.45) is 11.7 Å². The number of halogens is 1. The van der Waals surface area contributed by atoms with Crippen LogP contribution in [0.15, 0.2) is 54.6 Å². The van der Waals surface area contributed by atoms with Crippen molar-refractivity contribution in [2.75, 3.05) is 11.9 Å². The molecule has 0 bridgehead atoms. The minimum Gasteiger partial charge on any atom is -0.352 e. The Bertz CT molecular complexity index is 690. The minimum absolute atomic E-state index is 0. The molecule has 0 heterocycles. The molecule has 0 saturated heterocycles. The van der Waals surface area contributed by atoms with Crippen molar-refractivity contribution in [1.29, 1.82) is 0 Å². The third-order valence-electron chi connectivity index (χ3n) is 3.89. The maximum Gasteiger partial charge on any atom is 0.251 e. The average molecular weight is 362 g/mol. The SMILES string of the molecule is CCNC(=O)c1ccc(NC(=O)C(C)C(N)c2ccccc2)cc1.Cl. The van der Waals surface area contributed by atoms with E-state index in [0.717, 1.165) is 5.56 Å². The molecule has 0 spiro atoms. The Labute approximate surface area is 154 Å². The largest absolute Gasteiger partial charge is 0.352 e. The average Bonchev–Trinajstić information content (AvgIpc) is 2.62. The van der Waals surface area contributed by atoms with Gasteiger partial charge in [0.2, 0.25) is 5.91 Å². The number of benzene rings is 2. The van der Waals surface area contributed by atoms with Crippen molar-refractivity contribution in [1.82, 2.24) is 5.32 Å². The standard InChI is InChI=1S/C19H23N3O2.ClH/c1-3-21-19(24)15-9-11-16(12-10-15)22-18(23)13(2)17(20)14-7-5-4-6-8-14;/h4-13,17H,3,20H2,1-2H3,(H,21,24)(H,22,23);1H. The van der Waals surface area contributed by atoms with Crippen LogP contribution in [-0.2, 0) is 4.79 Å². The summed E-state index contributed by atoms with van der Waals surface area (Å²) in [5.74, 6) is -0.664. The quantitative estimate of drug-likeness (QED) is 0.739. The van der Waals surface area contributed by atoms with Gasteiger partial charge in [0, 0.05) is 23.8 Å². The molecular weight excluding hydrogens is 338 g/mol. The van der Waals surface area contributed by atoms with E-state index in [1.165, 1.54) is 0 Å². The molecule has 25 heavy (non-hydrogen) atoms. The van der Waals surface area contributed by atoms with Crippen LogP contribution in [0, 0.1) is 5.92 Å². The maximum atomic E-state index is 12.4. The fourth-order valence-corrected chi connectivity index (χ4v) is 2.35. The molecule has 6 heteroatoms. The highest BCUT2D eigenvalue weighted by Crippen LogP contribution is 2.21. The van der Waals surface area contributed by atoms with Gasteiger partial charge in [-0.3, -0.25) is 9.59 Å². The third kappa shape index (κ3) is 5.59. The summed E-state index contributed by atoms with van der Waals surface area (Å²) in [5.41, 5.74) is 8.30. The number of rotatable bonds is 6. The van der Waals surface area contributed by atoms with Gasteiger partial charge in [-0.15, -0.1) is 12.4 Å². The van der Waals surface area contributed by atoms with Crippen LogP contribution in [0.25, 0.3) is 0 Å². The number of carbonyl (C=O) groups is 2. The zero-order chi connectivity index (χ0) is 17.5. The van der Waals surface area contributed by atoms with Crippen LogP contribution in [0.1, 0.15) is 35.8 Å². The molecule has 0 fully saturated rings. The first-order chi connectivity index (χ1) is 11.5. The van der Waals surface area contributed by atoms with Gasteiger partial charge < -0.3 is 16.4 Å². The fourth-order valence-electron chi connectivity index (χ4n) is 2.35. The number of amides is 2. The van der Waals surface area contributed by atoms with Gasteiger partial charge in [-0.05, 0) is 36.8 Å². The summed E-state index contributed by atoms with van der Waals surface area (Å²) in [4.78, 5) is 24.1. The normalized spacial score (nSPS) is 12.4. The minimum atomic E-state index is -0.379. The molecule has 0 aromatic heterocycles. The Morgan fingerprint density at radius 3 is 2.20 bits per heavy atom. The molecule has 0 aliphatic carbocycles. The van der Waals surface area contributed by atoms with Crippen LogP contribution in [-0.4, -0.2) is 18.4 Å². The van der Waals surface area contributed by atoms with E-state index in [1.807, 2.05) is 37.3 Å². The van der Waals surface area contributed by atoms with Crippen LogP contribution in [0.4, 0.5) is 5.69 Å². The zero-order valence-corrected chi connectivity index (χ0v) is 15.2. The number of nitrogens with two attached hydrogens (primary N) is 1. The molecule has 0 radical (unpaired) electrons. The summed E-state index contributed by atoms with van der Waals surface area (Å²) >= 11 is 0. The van der Waals surface area contributed by atoms with Crippen molar-refractivity contribution < 1.29 is 9.59 Å². The predicted octanol–water partition coefficient (Wildman–Crippen LogP) is 3.13. The van der Waals surface area contributed by atoms with Crippen molar-refractivity contribution >= 4 is 29.9 Å². The van der Waals surface area contributed by atoms with Gasteiger partial charge in [-0.25, -0.2) is 0 Å². The lowest BCUT2D eigenvalue weighted by Gasteiger charge is -2.20. The van der Waals surface area contributed by atoms with Gasteiger partial charge in [-0.2, -0.15) is 0 Å². The molecule has 0 aliphatic rings. The molecule has 0 saturated carbocycles. The van der Waals surface area contributed by atoms with E-state index in [4.69, 9.17) is 5.73 Å². The molecule has 2 atom stereocenters. The Kier molecular flexibility index (Phi) is 8.11. The Morgan fingerprint density at radius 1 is 1.04 bits per heavy atom. The first kappa shape index (κ1) is 20.7. The monoisotopic (exact) mass is 361 g/mol. The van der Waals surface area contributed by atoms with Gasteiger partial charge in [0.1, 0.15) is 0 Å². The van der Waals surface area contributed by atoms with Crippen molar-refractivity contribution in [3.8, 4) is 0 Å². The van der Waals surface area contributed by atoms with Crippen molar-refractivity contribution in [3.63, 3.8) is 0 Å². The molecule has 2 unspecified atom stereocenters. The first-order valence-electron chi connectivity index (χ1n) is 8.02. The number of hydrogen-bond donors (Lipinski definition) is 3. The molecular formula is C19H24ClN3O2. The van der Waals surface area contributed by atoms with Gasteiger partial charge in [0.25, 0.3) is 5.91 Å². The highest BCUT2D eigenvalue weighted by molar-refractivity contribution is 5.96. The van der Waals surface area contributed by atoms with E-state index >= 15 is 0 Å². The molecule has 2 amide bonds. The van der Waals surface area contributed by atoms with E-state index in [-0.39, 0.29) is 36.2 Å². The topological polar surface area (TPSA) is 84.2 Å². The number of anilines is 1. The Balaban J connectivity index is 0.00000312. The molecule has 5 nitrogen and oxygen atoms in total. The molecule has 2 aromatic rings. The molecule has 0 aliphatic heterocycles. The Morgan fingerprint density at radius 2 is 1.64 bits per heavy atom. The predicted molar refractivity (Wildman–Crippen MR) is 103 cm³/mol. The first-order valence-corrected chi connectivity index (χ1v) is 8.02. The summed E-state index contributed by atoms with van der Waals surface area (Å²) < 4.78 is 0. The lowest BCUT2D eigenvalue weighted by molar-refractivity contribution is -0.120. The molecule has 2 aromatic carbocycles. The van der Waals surface area contributed by atoms with Gasteiger partial charge in [-0.1, -0.05) is 37.3 Å². The summed E-state index contributed by atoms with van der Waals surface area (Å²) in [7, 11) is 0. The molecule has 2 rings (SSSR count). The summed E-state index contributed by atoms with van der Waals surface area (Å²) in [6, 6.07) is 16.0. The van der Waals surface area contributed by atoms with Gasteiger partial charge in [0.15, 0.2) is 0 Å². The smallest absolute Gasteiger partial charge is 0.251 e. The van der Waals surface area contributed by atoms with Crippen LogP contribution in [0.2, 0.25) is 0 Å². The summed E-state index contributed by atoms with van der Waals surface area (Å²) in [6.07, 6.45) is 0. The lowest BCUT2D eigenvalue weighted by atomic mass is 9.94. The number of hydrogen-bond acceptors (Lipinski definition) is 3. The maximum absolute atomic E-state index is 12.4. The fraction of sp³-hybridized carbons (Fsp3) is 0.263. The van der Waals surface area contributed by atoms with E-state index in [0.29, 0.717) is 17.8 Å². The van der Waals surface area contributed by atoms with Crippen LogP contribution in [0.3, 0.4) is 0 Å². The van der Waals surface area contributed by atoms with Crippen LogP contribution in [0.5, 0.6) is 0 Å². The summed E-state index contributed by atoms with van der Waals surface area (Å²) in [6.45, 7) is 4.24. The van der Waals surface area contributed by atoms with Crippen LogP contribution < -0.4 is 16.4 Å². The van der Waals surface area contributed by atoms with E-state index < -0.39 is 0 Å². The number of nitrogens with one attached hydrogen (secondary N) is 2. The van der Waals surface area contributed by atoms with Crippen molar-refractivity contribution in [3.05, 3.63) is 65.7 Å². The lowest BCUT2D eigenvalue weighted by Crippen LogP contribution is -2.30. The van der Waals surface area contributed by atoms with Crippen LogP contribution >= 0.6 is 12.4 Å². The highest BCUT2D eigenvalue weighted by Gasteiger charge is 2.22. The zero-order valence-electron chi connectivity index (χ0n) is 14.4. The van der Waals surface area contributed by atoms with E-state index in [2.05, 4.69) is 10.6 Å².